The lowest BCUT2D eigenvalue weighted by Gasteiger charge is -2.06. The summed E-state index contributed by atoms with van der Waals surface area (Å²) in [6.07, 6.45) is 5.43. The molecule has 4 heterocycles. The van der Waals surface area contributed by atoms with Crippen LogP contribution in [0.15, 0.2) is 61.2 Å². The molecular weight excluding hydrogens is 430 g/mol. The maximum absolute atomic E-state index is 12.8. The summed E-state index contributed by atoms with van der Waals surface area (Å²) in [5.74, 6) is 0.199. The van der Waals surface area contributed by atoms with Gasteiger partial charge < -0.3 is 15.6 Å². The lowest BCUT2D eigenvalue weighted by atomic mass is 10.1. The fraction of sp³-hybridized carbons (Fsp3) is 0.125. The van der Waals surface area contributed by atoms with E-state index in [4.69, 9.17) is 5.73 Å². The number of nitrogen functional groups attached to an aromatic ring is 1. The van der Waals surface area contributed by atoms with E-state index in [2.05, 4.69) is 30.6 Å². The standard InChI is InChI=1S/C24H21N9O/c1-32-13-27-21-16(3-2-4-20(21)32)24(34)26-9-10-33-12-17-15-6-5-14(18-7-8-28-30-18)11-19(15)29-23(25)22(17)31-33/h2-8,11-13H,9-10H2,1H3,(H2,25,29)(H,26,34)(H,28,30). The number of imidazole rings is 1. The first kappa shape index (κ1) is 19.9. The van der Waals surface area contributed by atoms with Crippen LogP contribution < -0.4 is 11.1 Å². The van der Waals surface area contributed by atoms with E-state index in [9.17, 15) is 4.79 Å². The number of anilines is 1. The van der Waals surface area contributed by atoms with E-state index in [-0.39, 0.29) is 5.91 Å². The number of nitrogens with zero attached hydrogens (tertiary/aromatic N) is 6. The monoisotopic (exact) mass is 451 g/mol. The summed E-state index contributed by atoms with van der Waals surface area (Å²) in [5, 5.41) is 16.5. The molecule has 10 heteroatoms. The minimum Gasteiger partial charge on any atom is -0.382 e. The summed E-state index contributed by atoms with van der Waals surface area (Å²) >= 11 is 0. The predicted octanol–water partition coefficient (Wildman–Crippen LogP) is 2.87. The molecule has 0 aliphatic heterocycles. The van der Waals surface area contributed by atoms with Gasteiger partial charge in [-0.05, 0) is 24.3 Å². The fourth-order valence-corrected chi connectivity index (χ4v) is 4.26. The average molecular weight is 451 g/mol. The largest absolute Gasteiger partial charge is 0.382 e. The zero-order chi connectivity index (χ0) is 23.2. The van der Waals surface area contributed by atoms with Gasteiger partial charge in [-0.15, -0.1) is 0 Å². The van der Waals surface area contributed by atoms with Crippen LogP contribution in [0, 0.1) is 0 Å². The highest BCUT2D eigenvalue weighted by Crippen LogP contribution is 2.29. The van der Waals surface area contributed by atoms with Gasteiger partial charge >= 0.3 is 0 Å². The minimum absolute atomic E-state index is 0.168. The van der Waals surface area contributed by atoms with Crippen LogP contribution in [0.4, 0.5) is 5.82 Å². The lowest BCUT2D eigenvalue weighted by Crippen LogP contribution is -2.27. The molecule has 0 bridgehead atoms. The number of hydrogen-bond acceptors (Lipinski definition) is 6. The molecule has 2 aromatic carbocycles. The second-order valence-electron chi connectivity index (χ2n) is 8.13. The molecule has 10 nitrogen and oxygen atoms in total. The minimum atomic E-state index is -0.168. The zero-order valence-corrected chi connectivity index (χ0v) is 18.4. The molecule has 0 radical (unpaired) electrons. The van der Waals surface area contributed by atoms with Crippen LogP contribution in [-0.4, -0.2) is 47.0 Å². The van der Waals surface area contributed by atoms with Crippen LogP contribution in [0.1, 0.15) is 10.4 Å². The first-order valence-corrected chi connectivity index (χ1v) is 10.8. The summed E-state index contributed by atoms with van der Waals surface area (Å²) < 4.78 is 3.67. The number of fused-ring (bicyclic) bond motifs is 4. The third kappa shape index (κ3) is 3.24. The van der Waals surface area contributed by atoms with Crippen molar-refractivity contribution in [3.63, 3.8) is 0 Å². The number of hydrogen-bond donors (Lipinski definition) is 3. The molecule has 0 saturated heterocycles. The van der Waals surface area contributed by atoms with Gasteiger partial charge in [-0.25, -0.2) is 9.97 Å². The molecule has 0 fully saturated rings. The Labute approximate surface area is 193 Å². The summed E-state index contributed by atoms with van der Waals surface area (Å²) in [6.45, 7) is 0.898. The zero-order valence-electron chi connectivity index (χ0n) is 18.4. The number of nitrogens with one attached hydrogen (secondary N) is 2. The van der Waals surface area contributed by atoms with Crippen molar-refractivity contribution in [1.29, 1.82) is 0 Å². The van der Waals surface area contributed by atoms with Crippen molar-refractivity contribution < 1.29 is 4.79 Å². The van der Waals surface area contributed by atoms with Gasteiger partial charge in [-0.1, -0.05) is 18.2 Å². The molecule has 0 atom stereocenters. The molecule has 0 unspecified atom stereocenters. The van der Waals surface area contributed by atoms with E-state index in [0.717, 1.165) is 33.1 Å². The number of aromatic nitrogens is 7. The van der Waals surface area contributed by atoms with Gasteiger partial charge in [0.05, 0.1) is 35.2 Å². The number of benzene rings is 2. The summed E-state index contributed by atoms with van der Waals surface area (Å²) in [6, 6.07) is 13.5. The van der Waals surface area contributed by atoms with E-state index in [1.54, 1.807) is 23.3 Å². The molecule has 6 aromatic rings. The van der Waals surface area contributed by atoms with Crippen LogP contribution >= 0.6 is 0 Å². The average Bonchev–Trinajstić information content (AvgIpc) is 3.59. The number of aromatic amines is 1. The molecule has 0 aliphatic rings. The van der Waals surface area contributed by atoms with E-state index in [1.807, 2.05) is 54.2 Å². The number of rotatable bonds is 5. The maximum Gasteiger partial charge on any atom is 0.253 e. The quantitative estimate of drug-likeness (QED) is 0.369. The van der Waals surface area contributed by atoms with Crippen molar-refractivity contribution in [3.05, 3.63) is 66.7 Å². The van der Waals surface area contributed by atoms with Crippen molar-refractivity contribution in [2.24, 2.45) is 7.05 Å². The van der Waals surface area contributed by atoms with E-state index < -0.39 is 0 Å². The lowest BCUT2D eigenvalue weighted by molar-refractivity contribution is 0.0953. The Kier molecular flexibility index (Phi) is 4.51. The smallest absolute Gasteiger partial charge is 0.253 e. The van der Waals surface area contributed by atoms with Gasteiger partial charge in [-0.3, -0.25) is 14.6 Å². The van der Waals surface area contributed by atoms with E-state index >= 15 is 0 Å². The fourth-order valence-electron chi connectivity index (χ4n) is 4.26. The molecule has 0 saturated carbocycles. The third-order valence-corrected chi connectivity index (χ3v) is 5.96. The SMILES string of the molecule is Cn1cnc2c(C(=O)NCCn3cc4c(n3)c(N)nc3cc(-c5cc[nH]n5)ccc34)cccc21. The second-order valence-corrected chi connectivity index (χ2v) is 8.13. The Morgan fingerprint density at radius 2 is 2.06 bits per heavy atom. The highest BCUT2D eigenvalue weighted by atomic mass is 16.1. The van der Waals surface area contributed by atoms with Gasteiger partial charge in [0, 0.05) is 42.3 Å². The van der Waals surface area contributed by atoms with Crippen molar-refractivity contribution in [3.8, 4) is 11.3 Å². The molecule has 168 valence electrons. The Hall–Kier alpha value is -4.73. The molecular formula is C24H21N9O. The van der Waals surface area contributed by atoms with Crippen molar-refractivity contribution in [2.75, 3.05) is 12.3 Å². The van der Waals surface area contributed by atoms with Crippen LogP contribution in [-0.2, 0) is 13.6 Å². The number of aryl methyl sites for hydroxylation is 1. The highest BCUT2D eigenvalue weighted by molar-refractivity contribution is 6.08. The number of pyridine rings is 1. The number of H-pyrrole nitrogens is 1. The topological polar surface area (TPSA) is 132 Å². The molecule has 34 heavy (non-hydrogen) atoms. The Balaban J connectivity index is 1.24. The molecule has 6 rings (SSSR count). The highest BCUT2D eigenvalue weighted by Gasteiger charge is 2.14. The van der Waals surface area contributed by atoms with E-state index in [0.29, 0.717) is 35.5 Å². The van der Waals surface area contributed by atoms with Crippen LogP contribution in [0.3, 0.4) is 0 Å². The van der Waals surface area contributed by atoms with Crippen LogP contribution in [0.2, 0.25) is 0 Å². The Morgan fingerprint density at radius 1 is 1.15 bits per heavy atom. The Bertz CT molecular complexity index is 1680. The molecule has 4 N–H and O–H groups in total. The number of carbonyl (C=O) groups excluding carboxylic acids is 1. The van der Waals surface area contributed by atoms with E-state index in [1.165, 1.54) is 0 Å². The van der Waals surface area contributed by atoms with Gasteiger partial charge in [0.15, 0.2) is 5.82 Å². The number of carbonyl (C=O) groups is 1. The van der Waals surface area contributed by atoms with Gasteiger partial charge in [0.2, 0.25) is 0 Å². The Morgan fingerprint density at radius 3 is 2.91 bits per heavy atom. The molecule has 0 spiro atoms. The predicted molar refractivity (Wildman–Crippen MR) is 130 cm³/mol. The maximum atomic E-state index is 12.8. The number of nitrogens with two attached hydrogens (primary N) is 1. The van der Waals surface area contributed by atoms with Gasteiger partial charge in [0.25, 0.3) is 5.91 Å². The van der Waals surface area contributed by atoms with Crippen molar-refractivity contribution in [2.45, 2.75) is 6.54 Å². The first-order valence-electron chi connectivity index (χ1n) is 10.8. The molecule has 4 aromatic heterocycles. The molecule has 1 amide bonds. The van der Waals surface area contributed by atoms with Crippen molar-refractivity contribution >= 4 is 44.6 Å². The number of para-hydroxylation sites is 1. The van der Waals surface area contributed by atoms with Gasteiger partial charge in [-0.2, -0.15) is 10.2 Å². The normalized spacial score (nSPS) is 11.6. The van der Waals surface area contributed by atoms with Crippen LogP contribution in [0.5, 0.6) is 0 Å². The molecule has 0 aliphatic carbocycles. The second kappa shape index (κ2) is 7.69. The summed E-state index contributed by atoms with van der Waals surface area (Å²) in [4.78, 5) is 21.7. The summed E-state index contributed by atoms with van der Waals surface area (Å²) in [7, 11) is 1.90. The third-order valence-electron chi connectivity index (χ3n) is 5.96. The van der Waals surface area contributed by atoms with Crippen LogP contribution in [0.25, 0.3) is 44.1 Å². The van der Waals surface area contributed by atoms with Gasteiger partial charge in [0.1, 0.15) is 11.0 Å². The number of amides is 1. The van der Waals surface area contributed by atoms with Crippen molar-refractivity contribution in [1.82, 2.24) is 39.8 Å². The summed E-state index contributed by atoms with van der Waals surface area (Å²) in [5.41, 5.74) is 11.6. The first-order chi connectivity index (χ1) is 16.6.